The molecule has 1 heterocycles. The number of carbonyl (C=O) groups excluding carboxylic acids is 1. The lowest BCUT2D eigenvalue weighted by molar-refractivity contribution is 0.0850. The summed E-state index contributed by atoms with van der Waals surface area (Å²) in [5, 5.41) is 7.17. The van der Waals surface area contributed by atoms with Crippen molar-refractivity contribution in [3.05, 3.63) is 48.0 Å². The summed E-state index contributed by atoms with van der Waals surface area (Å²) >= 11 is 0. The number of aromatic nitrogens is 3. The maximum atomic E-state index is 12.1. The fourth-order valence-electron chi connectivity index (χ4n) is 2.44. The molecule has 0 bridgehead atoms. The molecule has 0 atom stereocenters. The average Bonchev–Trinajstić information content (AvgIpc) is 2.90. The summed E-state index contributed by atoms with van der Waals surface area (Å²) in [7, 11) is 0. The van der Waals surface area contributed by atoms with Crippen LogP contribution in [0.1, 0.15) is 42.1 Å². The van der Waals surface area contributed by atoms with Crippen LogP contribution in [0, 0.1) is 0 Å². The van der Waals surface area contributed by atoms with Crippen molar-refractivity contribution < 1.29 is 4.79 Å². The normalized spacial score (nSPS) is 16.4. The van der Waals surface area contributed by atoms with Crippen LogP contribution in [-0.4, -0.2) is 26.2 Å². The molecule has 0 saturated heterocycles. The SMILES string of the molecule is CC1(NC(=O)c2ccc(Cn3cncn3)cc2)CCC1. The van der Waals surface area contributed by atoms with Crippen LogP contribution in [0.4, 0.5) is 0 Å². The van der Waals surface area contributed by atoms with Crippen LogP contribution in [0.5, 0.6) is 0 Å². The van der Waals surface area contributed by atoms with Gasteiger partial charge in [0.25, 0.3) is 5.91 Å². The Bertz CT molecular complexity index is 585. The molecule has 0 aliphatic heterocycles. The second-order valence-corrected chi connectivity index (χ2v) is 5.66. The van der Waals surface area contributed by atoms with Crippen LogP contribution in [0.15, 0.2) is 36.9 Å². The summed E-state index contributed by atoms with van der Waals surface area (Å²) in [5.41, 5.74) is 1.80. The van der Waals surface area contributed by atoms with E-state index in [1.165, 1.54) is 12.7 Å². The van der Waals surface area contributed by atoms with E-state index in [-0.39, 0.29) is 11.4 Å². The topological polar surface area (TPSA) is 59.8 Å². The van der Waals surface area contributed by atoms with Crippen molar-refractivity contribution in [2.45, 2.75) is 38.3 Å². The van der Waals surface area contributed by atoms with Crippen molar-refractivity contribution in [1.82, 2.24) is 20.1 Å². The predicted octanol–water partition coefficient (Wildman–Crippen LogP) is 2.00. The summed E-state index contributed by atoms with van der Waals surface area (Å²) in [4.78, 5) is 16.1. The van der Waals surface area contributed by atoms with Gasteiger partial charge in [0.15, 0.2) is 0 Å². The van der Waals surface area contributed by atoms with Gasteiger partial charge in [-0.2, -0.15) is 5.10 Å². The van der Waals surface area contributed by atoms with Gasteiger partial charge < -0.3 is 5.32 Å². The molecule has 1 saturated carbocycles. The molecule has 1 aromatic heterocycles. The van der Waals surface area contributed by atoms with Crippen LogP contribution in [0.3, 0.4) is 0 Å². The highest BCUT2D eigenvalue weighted by molar-refractivity contribution is 5.94. The van der Waals surface area contributed by atoms with Crippen molar-refractivity contribution >= 4 is 5.91 Å². The second kappa shape index (κ2) is 5.07. The number of amides is 1. The van der Waals surface area contributed by atoms with Crippen LogP contribution in [-0.2, 0) is 6.54 Å². The molecule has 3 rings (SSSR count). The number of nitrogens with one attached hydrogen (secondary N) is 1. The maximum absolute atomic E-state index is 12.1. The third-order valence-electron chi connectivity index (χ3n) is 3.90. The standard InChI is InChI=1S/C15H18N4O/c1-15(7-2-8-15)18-14(20)13-5-3-12(4-6-13)9-19-11-16-10-17-19/h3-6,10-11H,2,7-9H2,1H3,(H,18,20). The van der Waals surface area contributed by atoms with Gasteiger partial charge in [0.2, 0.25) is 0 Å². The van der Waals surface area contributed by atoms with Gasteiger partial charge in [-0.1, -0.05) is 12.1 Å². The molecule has 1 aromatic carbocycles. The summed E-state index contributed by atoms with van der Waals surface area (Å²) in [6.07, 6.45) is 6.54. The van der Waals surface area contributed by atoms with E-state index in [0.717, 1.165) is 18.4 Å². The molecule has 0 radical (unpaired) electrons. The van der Waals surface area contributed by atoms with Gasteiger partial charge in [-0.15, -0.1) is 0 Å². The molecule has 20 heavy (non-hydrogen) atoms. The first-order valence-electron chi connectivity index (χ1n) is 6.89. The van der Waals surface area contributed by atoms with Gasteiger partial charge >= 0.3 is 0 Å². The zero-order chi connectivity index (χ0) is 14.0. The maximum Gasteiger partial charge on any atom is 0.251 e. The Morgan fingerprint density at radius 2 is 2.10 bits per heavy atom. The minimum Gasteiger partial charge on any atom is -0.347 e. The van der Waals surface area contributed by atoms with E-state index in [0.29, 0.717) is 12.1 Å². The number of benzene rings is 1. The predicted molar refractivity (Wildman–Crippen MR) is 75.3 cm³/mol. The smallest absolute Gasteiger partial charge is 0.251 e. The van der Waals surface area contributed by atoms with Crippen LogP contribution in [0.25, 0.3) is 0 Å². The van der Waals surface area contributed by atoms with Gasteiger partial charge in [-0.3, -0.25) is 4.79 Å². The van der Waals surface area contributed by atoms with Crippen molar-refractivity contribution in [3.63, 3.8) is 0 Å². The molecule has 1 aliphatic rings. The quantitative estimate of drug-likeness (QED) is 0.924. The molecule has 1 amide bonds. The Hall–Kier alpha value is -2.17. The number of nitrogens with zero attached hydrogens (tertiary/aromatic N) is 3. The number of rotatable bonds is 4. The van der Waals surface area contributed by atoms with Crippen LogP contribution in [0.2, 0.25) is 0 Å². The Labute approximate surface area is 118 Å². The monoisotopic (exact) mass is 270 g/mol. The first-order chi connectivity index (χ1) is 9.65. The van der Waals surface area contributed by atoms with Gasteiger partial charge in [0.1, 0.15) is 12.7 Å². The summed E-state index contributed by atoms with van der Waals surface area (Å²) in [5.74, 6) is 0.0134. The zero-order valence-electron chi connectivity index (χ0n) is 11.5. The molecule has 0 unspecified atom stereocenters. The number of hydrogen-bond acceptors (Lipinski definition) is 3. The van der Waals surface area contributed by atoms with E-state index in [2.05, 4.69) is 22.3 Å². The molecular formula is C15H18N4O. The summed E-state index contributed by atoms with van der Waals surface area (Å²) in [6, 6.07) is 7.65. The Morgan fingerprint density at radius 3 is 2.65 bits per heavy atom. The van der Waals surface area contributed by atoms with Crippen molar-refractivity contribution in [2.75, 3.05) is 0 Å². The van der Waals surface area contributed by atoms with Gasteiger partial charge in [-0.25, -0.2) is 9.67 Å². The first-order valence-corrected chi connectivity index (χ1v) is 6.89. The molecule has 1 aliphatic carbocycles. The van der Waals surface area contributed by atoms with Gasteiger partial charge in [-0.05, 0) is 43.9 Å². The molecule has 5 heteroatoms. The fraction of sp³-hybridized carbons (Fsp3) is 0.400. The van der Waals surface area contributed by atoms with Crippen molar-refractivity contribution in [2.24, 2.45) is 0 Å². The lowest BCUT2D eigenvalue weighted by Gasteiger charge is -2.39. The van der Waals surface area contributed by atoms with E-state index >= 15 is 0 Å². The van der Waals surface area contributed by atoms with E-state index < -0.39 is 0 Å². The Kier molecular flexibility index (Phi) is 3.26. The Balaban J connectivity index is 1.64. The minimum atomic E-state index is -0.00349. The Morgan fingerprint density at radius 1 is 1.35 bits per heavy atom. The largest absolute Gasteiger partial charge is 0.347 e. The van der Waals surface area contributed by atoms with Gasteiger partial charge in [0, 0.05) is 11.1 Å². The third kappa shape index (κ3) is 2.71. The van der Waals surface area contributed by atoms with Crippen LogP contribution >= 0.6 is 0 Å². The number of carbonyl (C=O) groups is 1. The van der Waals surface area contributed by atoms with E-state index in [4.69, 9.17) is 0 Å². The van der Waals surface area contributed by atoms with Crippen molar-refractivity contribution in [1.29, 1.82) is 0 Å². The first kappa shape index (κ1) is 12.8. The van der Waals surface area contributed by atoms with Crippen molar-refractivity contribution in [3.8, 4) is 0 Å². The average molecular weight is 270 g/mol. The molecule has 5 nitrogen and oxygen atoms in total. The number of hydrogen-bond donors (Lipinski definition) is 1. The highest BCUT2D eigenvalue weighted by Crippen LogP contribution is 2.31. The van der Waals surface area contributed by atoms with E-state index in [1.807, 2.05) is 24.3 Å². The molecule has 1 fully saturated rings. The van der Waals surface area contributed by atoms with E-state index in [9.17, 15) is 4.79 Å². The lowest BCUT2D eigenvalue weighted by atomic mass is 9.78. The zero-order valence-corrected chi connectivity index (χ0v) is 11.5. The summed E-state index contributed by atoms with van der Waals surface area (Å²) in [6.45, 7) is 2.77. The second-order valence-electron chi connectivity index (χ2n) is 5.66. The molecule has 0 spiro atoms. The van der Waals surface area contributed by atoms with E-state index in [1.54, 1.807) is 11.0 Å². The molecule has 104 valence electrons. The van der Waals surface area contributed by atoms with Crippen LogP contribution < -0.4 is 5.32 Å². The molecule has 1 N–H and O–H groups in total. The lowest BCUT2D eigenvalue weighted by Crippen LogP contribution is -2.50. The third-order valence-corrected chi connectivity index (χ3v) is 3.90. The highest BCUT2D eigenvalue weighted by atomic mass is 16.1. The molecule has 2 aromatic rings. The highest BCUT2D eigenvalue weighted by Gasteiger charge is 2.33. The minimum absolute atomic E-state index is 0.00349. The van der Waals surface area contributed by atoms with Gasteiger partial charge in [0.05, 0.1) is 6.54 Å². The fourth-order valence-corrected chi connectivity index (χ4v) is 2.44. The summed E-state index contributed by atoms with van der Waals surface area (Å²) < 4.78 is 1.75. The molecular weight excluding hydrogens is 252 g/mol.